The Morgan fingerprint density at radius 3 is 2.75 bits per heavy atom. The molecular weight excluding hydrogens is 406 g/mol. The fraction of sp³-hybridized carbons (Fsp3) is 0.471. The van der Waals surface area contributed by atoms with Gasteiger partial charge in [-0.1, -0.05) is 11.6 Å². The van der Waals surface area contributed by atoms with E-state index in [1.54, 1.807) is 6.92 Å². The predicted octanol–water partition coefficient (Wildman–Crippen LogP) is 3.21. The molecular formula is C17H20ClN5O4S. The van der Waals surface area contributed by atoms with Crippen LogP contribution < -0.4 is 11.1 Å². The summed E-state index contributed by atoms with van der Waals surface area (Å²) in [5.74, 6) is -1.16. The van der Waals surface area contributed by atoms with Crippen LogP contribution in [-0.4, -0.2) is 26.5 Å². The molecule has 0 spiro atoms. The first kappa shape index (κ1) is 20.3. The van der Waals surface area contributed by atoms with Gasteiger partial charge in [0.15, 0.2) is 5.02 Å². The molecule has 0 fully saturated rings. The summed E-state index contributed by atoms with van der Waals surface area (Å²) in [6, 6.07) is 0. The average Bonchev–Trinajstić information content (AvgIpc) is 3.13. The summed E-state index contributed by atoms with van der Waals surface area (Å²) in [7, 11) is 0. The van der Waals surface area contributed by atoms with Crippen molar-refractivity contribution in [2.45, 2.75) is 52.0 Å². The Hall–Kier alpha value is -2.46. The molecule has 2 aromatic rings. The minimum atomic E-state index is -0.636. The zero-order valence-electron chi connectivity index (χ0n) is 15.3. The van der Waals surface area contributed by atoms with Gasteiger partial charge < -0.3 is 21.2 Å². The number of aryl methyl sites for hydroxylation is 2. The first-order valence-electron chi connectivity index (χ1n) is 8.91. The molecule has 3 N–H and O–H groups in total. The minimum Gasteiger partial charge on any atom is -0.365 e. The van der Waals surface area contributed by atoms with Gasteiger partial charge >= 0.3 is 5.82 Å². The number of halogens is 1. The number of nitrogens with one attached hydrogen (secondary N) is 1. The monoisotopic (exact) mass is 425 g/mol. The molecule has 2 amide bonds. The van der Waals surface area contributed by atoms with E-state index in [0.29, 0.717) is 29.2 Å². The van der Waals surface area contributed by atoms with Crippen molar-refractivity contribution in [3.63, 3.8) is 0 Å². The van der Waals surface area contributed by atoms with Crippen molar-refractivity contribution in [2.24, 2.45) is 5.73 Å². The second kappa shape index (κ2) is 8.27. The fourth-order valence-electron chi connectivity index (χ4n) is 3.34. The maximum atomic E-state index is 12.3. The topological polar surface area (TPSA) is 133 Å². The van der Waals surface area contributed by atoms with Gasteiger partial charge in [-0.05, 0) is 49.5 Å². The fourth-order valence-corrected chi connectivity index (χ4v) is 4.85. The molecule has 11 heteroatoms. The van der Waals surface area contributed by atoms with Gasteiger partial charge in [0.25, 0.3) is 5.91 Å². The van der Waals surface area contributed by atoms with Gasteiger partial charge in [-0.2, -0.15) is 4.68 Å². The number of thiophene rings is 1. The number of fused-ring (bicyclic) bond motifs is 1. The Balaban J connectivity index is 1.63. The van der Waals surface area contributed by atoms with E-state index in [-0.39, 0.29) is 23.2 Å². The van der Waals surface area contributed by atoms with E-state index in [1.807, 2.05) is 0 Å². The first-order chi connectivity index (χ1) is 13.3. The SMILES string of the molecule is Cc1c(Cl)c([N+](=O)[O-])nn1CCCC(=O)Nc1sc2c(c1C(N)=O)CCCC2. The Labute approximate surface area is 170 Å². The maximum Gasteiger partial charge on any atom is 0.408 e. The Morgan fingerprint density at radius 2 is 2.11 bits per heavy atom. The van der Waals surface area contributed by atoms with Crippen molar-refractivity contribution < 1.29 is 14.5 Å². The second-order valence-electron chi connectivity index (χ2n) is 6.63. The Kier molecular flexibility index (Phi) is 5.99. The van der Waals surface area contributed by atoms with Gasteiger partial charge in [0.05, 0.1) is 22.9 Å². The van der Waals surface area contributed by atoms with Gasteiger partial charge in [-0.25, -0.2) is 0 Å². The average molecular weight is 426 g/mol. The van der Waals surface area contributed by atoms with Crippen molar-refractivity contribution in [1.29, 1.82) is 0 Å². The van der Waals surface area contributed by atoms with Crippen LogP contribution in [0.25, 0.3) is 0 Å². The number of aromatic nitrogens is 2. The molecule has 0 unspecified atom stereocenters. The molecule has 0 atom stereocenters. The van der Waals surface area contributed by atoms with Gasteiger partial charge in [-0.3, -0.25) is 9.59 Å². The van der Waals surface area contributed by atoms with Crippen molar-refractivity contribution in [3.05, 3.63) is 36.8 Å². The molecule has 150 valence electrons. The minimum absolute atomic E-state index is 0.00437. The lowest BCUT2D eigenvalue weighted by atomic mass is 9.95. The number of nitrogens with zero attached hydrogens (tertiary/aromatic N) is 3. The van der Waals surface area contributed by atoms with Gasteiger partial charge in [0, 0.05) is 11.3 Å². The molecule has 0 saturated heterocycles. The van der Waals surface area contributed by atoms with Crippen molar-refractivity contribution in [1.82, 2.24) is 9.78 Å². The number of carbonyl (C=O) groups is 2. The molecule has 0 saturated carbocycles. The van der Waals surface area contributed by atoms with Crippen LogP contribution in [0.15, 0.2) is 0 Å². The van der Waals surface area contributed by atoms with E-state index >= 15 is 0 Å². The van der Waals surface area contributed by atoms with Gasteiger partial charge in [0.1, 0.15) is 5.00 Å². The Bertz CT molecular complexity index is 952. The lowest BCUT2D eigenvalue weighted by molar-refractivity contribution is -0.389. The van der Waals surface area contributed by atoms with E-state index in [0.717, 1.165) is 36.1 Å². The van der Waals surface area contributed by atoms with Crippen LogP contribution in [-0.2, 0) is 24.2 Å². The number of primary amides is 1. The summed E-state index contributed by atoms with van der Waals surface area (Å²) >= 11 is 7.32. The van der Waals surface area contributed by atoms with Crippen LogP contribution >= 0.6 is 22.9 Å². The number of hydrogen-bond donors (Lipinski definition) is 2. The van der Waals surface area contributed by atoms with Crippen LogP contribution in [0.4, 0.5) is 10.8 Å². The molecule has 2 aromatic heterocycles. The zero-order chi connectivity index (χ0) is 20.4. The summed E-state index contributed by atoms with van der Waals surface area (Å²) in [4.78, 5) is 35.6. The summed E-state index contributed by atoms with van der Waals surface area (Å²) in [5, 5.41) is 18.1. The van der Waals surface area contributed by atoms with E-state index in [9.17, 15) is 19.7 Å². The van der Waals surface area contributed by atoms with Gasteiger partial charge in [0.2, 0.25) is 5.91 Å². The molecule has 0 radical (unpaired) electrons. The highest BCUT2D eigenvalue weighted by atomic mass is 35.5. The summed E-state index contributed by atoms with van der Waals surface area (Å²) in [6.45, 7) is 1.95. The standard InChI is InChI=1S/C17H20ClN5O4S/c1-9-14(18)16(23(26)27)21-22(9)8-4-7-12(24)20-17-13(15(19)25)10-5-2-3-6-11(10)28-17/h2-8H2,1H3,(H2,19,25)(H,20,24). The Morgan fingerprint density at radius 1 is 1.39 bits per heavy atom. The normalized spacial score (nSPS) is 13.2. The number of anilines is 1. The number of amides is 2. The molecule has 0 aromatic carbocycles. The summed E-state index contributed by atoms with van der Waals surface area (Å²) < 4.78 is 1.42. The van der Waals surface area contributed by atoms with Gasteiger partial charge in [-0.15, -0.1) is 11.3 Å². The number of nitro groups is 1. The lowest BCUT2D eigenvalue weighted by Gasteiger charge is -2.11. The highest BCUT2D eigenvalue weighted by molar-refractivity contribution is 7.17. The highest BCUT2D eigenvalue weighted by Crippen LogP contribution is 2.38. The van der Waals surface area contributed by atoms with Crippen molar-refractivity contribution in [3.8, 4) is 0 Å². The van der Waals surface area contributed by atoms with Crippen molar-refractivity contribution in [2.75, 3.05) is 5.32 Å². The molecule has 28 heavy (non-hydrogen) atoms. The number of carbonyl (C=O) groups excluding carboxylic acids is 2. The smallest absolute Gasteiger partial charge is 0.365 e. The molecule has 0 aliphatic heterocycles. The van der Waals surface area contributed by atoms with Crippen LogP contribution in [0.2, 0.25) is 5.02 Å². The number of rotatable bonds is 7. The van der Waals surface area contributed by atoms with E-state index < -0.39 is 10.8 Å². The molecule has 1 aliphatic carbocycles. The third-order valence-corrected chi connectivity index (χ3v) is 6.38. The lowest BCUT2D eigenvalue weighted by Crippen LogP contribution is -2.18. The third-order valence-electron chi connectivity index (χ3n) is 4.73. The van der Waals surface area contributed by atoms with Crippen LogP contribution in [0.1, 0.15) is 52.2 Å². The molecule has 3 rings (SSSR count). The summed E-state index contributed by atoms with van der Waals surface area (Å²) in [5.41, 5.74) is 7.41. The third kappa shape index (κ3) is 4.02. The zero-order valence-corrected chi connectivity index (χ0v) is 16.9. The predicted molar refractivity (Wildman–Crippen MR) is 106 cm³/mol. The molecule has 0 bridgehead atoms. The second-order valence-corrected chi connectivity index (χ2v) is 8.12. The molecule has 1 aliphatic rings. The number of hydrogen-bond acceptors (Lipinski definition) is 6. The largest absolute Gasteiger partial charge is 0.408 e. The summed E-state index contributed by atoms with van der Waals surface area (Å²) in [6.07, 6.45) is 4.36. The molecule has 2 heterocycles. The first-order valence-corrected chi connectivity index (χ1v) is 10.1. The number of nitrogens with two attached hydrogens (primary N) is 1. The van der Waals surface area contributed by atoms with E-state index in [2.05, 4.69) is 10.4 Å². The molecule has 9 nitrogen and oxygen atoms in total. The quantitative estimate of drug-likeness (QED) is 0.519. The maximum absolute atomic E-state index is 12.3. The van der Waals surface area contributed by atoms with E-state index in [1.165, 1.54) is 16.0 Å². The van der Waals surface area contributed by atoms with E-state index in [4.69, 9.17) is 17.3 Å². The van der Waals surface area contributed by atoms with Crippen molar-refractivity contribution >= 4 is 45.6 Å². The van der Waals surface area contributed by atoms with Crippen LogP contribution in [0.3, 0.4) is 0 Å². The highest BCUT2D eigenvalue weighted by Gasteiger charge is 2.26. The van der Waals surface area contributed by atoms with Crippen LogP contribution in [0, 0.1) is 17.0 Å². The van der Waals surface area contributed by atoms with Crippen LogP contribution in [0.5, 0.6) is 0 Å².